The van der Waals surface area contributed by atoms with Crippen LogP contribution in [-0.4, -0.2) is 28.9 Å². The molecule has 1 fully saturated rings. The molecule has 114 valence electrons. The number of nitrogens with two attached hydrogens (primary N) is 1. The summed E-state index contributed by atoms with van der Waals surface area (Å²) in [6.07, 6.45) is 2.51. The third-order valence-corrected chi connectivity index (χ3v) is 4.64. The first-order valence-electron chi connectivity index (χ1n) is 7.05. The number of hydrogen-bond acceptors (Lipinski definition) is 3. The lowest BCUT2D eigenvalue weighted by molar-refractivity contribution is 0.270. The maximum Gasteiger partial charge on any atom is 0.191 e. The molecule has 0 aliphatic carbocycles. The van der Waals surface area contributed by atoms with E-state index < -0.39 is 0 Å². The van der Waals surface area contributed by atoms with Gasteiger partial charge in [0.15, 0.2) is 5.96 Å². The molecule has 0 saturated carbocycles. The smallest absolute Gasteiger partial charge is 0.191 e. The van der Waals surface area contributed by atoms with Gasteiger partial charge in [-0.3, -0.25) is 0 Å². The number of likely N-dealkylation sites (tertiary alicyclic amines) is 1. The van der Waals surface area contributed by atoms with Gasteiger partial charge in [0.1, 0.15) is 0 Å². The van der Waals surface area contributed by atoms with E-state index in [-0.39, 0.29) is 24.0 Å². The predicted octanol–water partition coefficient (Wildman–Crippen LogP) is 3.43. The third-order valence-electron chi connectivity index (χ3n) is 3.45. The lowest BCUT2D eigenvalue weighted by atomic mass is 10.0. The molecule has 1 aliphatic rings. The molecule has 1 aromatic rings. The normalized spacial score (nSPS) is 20.1. The molecule has 20 heavy (non-hydrogen) atoms. The lowest BCUT2D eigenvalue weighted by Crippen LogP contribution is -2.43. The Bertz CT molecular complexity index is 444. The van der Waals surface area contributed by atoms with Crippen LogP contribution in [0.25, 0.3) is 0 Å². The standard InChI is InChI=1S/C14H24N4S.HI/c1-10(2)13-17-12(9-19-13)7-16-14(15)18-6-4-5-11(3)8-18;/h9-11H,4-8H2,1-3H3,(H2,15,16);1H. The average Bonchev–Trinajstić information content (AvgIpc) is 2.85. The number of aromatic nitrogens is 1. The van der Waals surface area contributed by atoms with Crippen LogP contribution in [0.2, 0.25) is 0 Å². The minimum Gasteiger partial charge on any atom is -0.370 e. The second kappa shape index (κ2) is 8.17. The molecule has 1 aromatic heterocycles. The van der Waals surface area contributed by atoms with Crippen LogP contribution in [0.5, 0.6) is 0 Å². The largest absolute Gasteiger partial charge is 0.370 e. The molecule has 0 bridgehead atoms. The second-order valence-corrected chi connectivity index (χ2v) is 6.59. The molecule has 0 amide bonds. The van der Waals surface area contributed by atoms with Gasteiger partial charge in [-0.2, -0.15) is 0 Å². The Balaban J connectivity index is 0.00000200. The van der Waals surface area contributed by atoms with Gasteiger partial charge >= 0.3 is 0 Å². The first-order chi connectivity index (χ1) is 9.06. The van der Waals surface area contributed by atoms with E-state index in [0.717, 1.165) is 18.8 Å². The van der Waals surface area contributed by atoms with Crippen LogP contribution in [0.3, 0.4) is 0 Å². The van der Waals surface area contributed by atoms with E-state index in [1.54, 1.807) is 11.3 Å². The van der Waals surface area contributed by atoms with Crippen LogP contribution in [-0.2, 0) is 6.54 Å². The van der Waals surface area contributed by atoms with Crippen LogP contribution >= 0.6 is 35.3 Å². The minimum atomic E-state index is 0. The van der Waals surface area contributed by atoms with Gasteiger partial charge in [-0.1, -0.05) is 20.8 Å². The molecule has 6 heteroatoms. The van der Waals surface area contributed by atoms with Crippen LogP contribution in [0, 0.1) is 5.92 Å². The zero-order chi connectivity index (χ0) is 13.8. The first-order valence-corrected chi connectivity index (χ1v) is 7.93. The molecule has 4 nitrogen and oxygen atoms in total. The Kier molecular flexibility index (Phi) is 7.22. The van der Waals surface area contributed by atoms with Crippen molar-refractivity contribution < 1.29 is 0 Å². The fraction of sp³-hybridized carbons (Fsp3) is 0.714. The monoisotopic (exact) mass is 408 g/mol. The van der Waals surface area contributed by atoms with Gasteiger partial charge in [-0.15, -0.1) is 35.3 Å². The Morgan fingerprint density at radius 1 is 1.60 bits per heavy atom. The Morgan fingerprint density at radius 3 is 2.95 bits per heavy atom. The van der Waals surface area contributed by atoms with Crippen molar-refractivity contribution in [1.82, 2.24) is 9.88 Å². The van der Waals surface area contributed by atoms with Gasteiger partial charge in [0.25, 0.3) is 0 Å². The van der Waals surface area contributed by atoms with Crippen molar-refractivity contribution in [1.29, 1.82) is 0 Å². The molecule has 0 aromatic carbocycles. The highest BCUT2D eigenvalue weighted by molar-refractivity contribution is 14.0. The van der Waals surface area contributed by atoms with Gasteiger partial charge in [-0.25, -0.2) is 9.98 Å². The van der Waals surface area contributed by atoms with Gasteiger partial charge < -0.3 is 10.6 Å². The zero-order valence-corrected chi connectivity index (χ0v) is 15.6. The van der Waals surface area contributed by atoms with E-state index >= 15 is 0 Å². The van der Waals surface area contributed by atoms with Crippen molar-refractivity contribution in [3.05, 3.63) is 16.1 Å². The predicted molar refractivity (Wildman–Crippen MR) is 96.9 cm³/mol. The number of rotatable bonds is 3. The van der Waals surface area contributed by atoms with E-state index in [2.05, 4.69) is 41.0 Å². The number of nitrogens with zero attached hydrogens (tertiary/aromatic N) is 3. The van der Waals surface area contributed by atoms with Crippen molar-refractivity contribution in [3.8, 4) is 0 Å². The first kappa shape index (κ1) is 17.7. The SMILES string of the molecule is CC1CCCN(C(N)=NCc2csc(C(C)C)n2)C1.I. The van der Waals surface area contributed by atoms with Gasteiger partial charge in [-0.05, 0) is 18.8 Å². The molecule has 1 aliphatic heterocycles. The minimum absolute atomic E-state index is 0. The highest BCUT2D eigenvalue weighted by atomic mass is 127. The van der Waals surface area contributed by atoms with E-state index in [0.29, 0.717) is 24.3 Å². The molecular weight excluding hydrogens is 383 g/mol. The summed E-state index contributed by atoms with van der Waals surface area (Å²) in [5, 5.41) is 3.26. The maximum atomic E-state index is 6.08. The molecule has 0 spiro atoms. The summed E-state index contributed by atoms with van der Waals surface area (Å²) >= 11 is 1.71. The summed E-state index contributed by atoms with van der Waals surface area (Å²) in [5.74, 6) is 1.88. The van der Waals surface area contributed by atoms with Gasteiger partial charge in [0.05, 0.1) is 17.2 Å². The lowest BCUT2D eigenvalue weighted by Gasteiger charge is -2.31. The summed E-state index contributed by atoms with van der Waals surface area (Å²) in [6.45, 7) is 9.26. The number of halogens is 1. The highest BCUT2D eigenvalue weighted by Gasteiger charge is 2.17. The second-order valence-electron chi connectivity index (χ2n) is 5.70. The van der Waals surface area contributed by atoms with Crippen molar-refractivity contribution in [2.24, 2.45) is 16.6 Å². The Morgan fingerprint density at radius 2 is 2.35 bits per heavy atom. The average molecular weight is 408 g/mol. The molecular formula is C14H25IN4S. The molecule has 1 unspecified atom stereocenters. The van der Waals surface area contributed by atoms with Crippen LogP contribution in [0.15, 0.2) is 10.4 Å². The highest BCUT2D eigenvalue weighted by Crippen LogP contribution is 2.20. The molecule has 1 atom stereocenters. The topological polar surface area (TPSA) is 54.5 Å². The van der Waals surface area contributed by atoms with Crippen molar-refractivity contribution in [2.45, 2.75) is 46.1 Å². The summed E-state index contributed by atoms with van der Waals surface area (Å²) < 4.78 is 0. The van der Waals surface area contributed by atoms with Crippen molar-refractivity contribution >= 4 is 41.3 Å². The van der Waals surface area contributed by atoms with Crippen LogP contribution in [0.1, 0.15) is 50.2 Å². The Hall–Kier alpha value is -0.370. The van der Waals surface area contributed by atoms with Gasteiger partial charge in [0.2, 0.25) is 0 Å². The molecule has 1 saturated heterocycles. The molecule has 0 radical (unpaired) electrons. The van der Waals surface area contributed by atoms with Gasteiger partial charge in [0, 0.05) is 24.4 Å². The number of piperidine rings is 1. The summed E-state index contributed by atoms with van der Waals surface area (Å²) in [5.41, 5.74) is 7.11. The van der Waals surface area contributed by atoms with E-state index in [9.17, 15) is 0 Å². The number of hydrogen-bond donors (Lipinski definition) is 1. The quantitative estimate of drug-likeness (QED) is 0.474. The zero-order valence-electron chi connectivity index (χ0n) is 12.5. The van der Waals surface area contributed by atoms with E-state index in [1.165, 1.54) is 17.8 Å². The number of aliphatic imine (C=N–C) groups is 1. The summed E-state index contributed by atoms with van der Waals surface area (Å²) in [7, 11) is 0. The van der Waals surface area contributed by atoms with E-state index in [1.807, 2.05) is 0 Å². The Labute approximate surface area is 142 Å². The van der Waals surface area contributed by atoms with Crippen LogP contribution < -0.4 is 5.73 Å². The molecule has 2 heterocycles. The van der Waals surface area contributed by atoms with Crippen molar-refractivity contribution in [3.63, 3.8) is 0 Å². The molecule has 2 rings (SSSR count). The molecule has 2 N–H and O–H groups in total. The van der Waals surface area contributed by atoms with E-state index in [4.69, 9.17) is 5.73 Å². The maximum absolute atomic E-state index is 6.08. The number of guanidine groups is 1. The summed E-state index contributed by atoms with van der Waals surface area (Å²) in [4.78, 5) is 11.3. The number of thiazole rings is 1. The fourth-order valence-electron chi connectivity index (χ4n) is 2.32. The fourth-order valence-corrected chi connectivity index (χ4v) is 3.15. The van der Waals surface area contributed by atoms with Crippen molar-refractivity contribution in [2.75, 3.05) is 13.1 Å². The van der Waals surface area contributed by atoms with Crippen LogP contribution in [0.4, 0.5) is 0 Å². The third kappa shape index (κ3) is 4.87. The summed E-state index contributed by atoms with van der Waals surface area (Å²) in [6, 6.07) is 0.